The number of hydrogen-bond donors (Lipinski definition) is 1. The van der Waals surface area contributed by atoms with E-state index in [1.807, 2.05) is 6.07 Å². The van der Waals surface area contributed by atoms with Crippen LogP contribution in [0.25, 0.3) is 23.0 Å². The van der Waals surface area contributed by atoms with Crippen LogP contribution in [0.2, 0.25) is 5.02 Å². The average molecular weight is 435 g/mol. The number of nitrogen functional groups attached to an aromatic ring is 1. The minimum Gasteiger partial charge on any atom is -0.457 e. The molecule has 0 aliphatic rings. The highest BCUT2D eigenvalue weighted by molar-refractivity contribution is 6.31. The molecule has 0 aliphatic heterocycles. The van der Waals surface area contributed by atoms with Crippen LogP contribution in [0.4, 0.5) is 25.1 Å². The first kappa shape index (κ1) is 21.1. The standard InChI is InChI=1S/C19H14ClF3N6O/c1-29(2)18-27-16(26-17(25)28-18)11(9-24)7-12-4-6-15(30-12)10-3-5-14(20)13(8-10)19(21,22)23/h3-8H,1-2H3,(H2,25,26,27,28)/b11-7+. The number of furan rings is 1. The molecule has 0 bridgehead atoms. The number of aromatic nitrogens is 3. The summed E-state index contributed by atoms with van der Waals surface area (Å²) < 4.78 is 44.8. The van der Waals surface area contributed by atoms with Gasteiger partial charge in [-0.25, -0.2) is 0 Å². The van der Waals surface area contributed by atoms with Crippen LogP contribution in [-0.4, -0.2) is 29.0 Å². The smallest absolute Gasteiger partial charge is 0.417 e. The zero-order valence-electron chi connectivity index (χ0n) is 15.7. The number of hydrogen-bond acceptors (Lipinski definition) is 7. The fraction of sp³-hybridized carbons (Fsp3) is 0.158. The summed E-state index contributed by atoms with van der Waals surface area (Å²) >= 11 is 5.65. The predicted octanol–water partition coefficient (Wildman–Crippen LogP) is 4.52. The Bertz CT molecular complexity index is 1160. The van der Waals surface area contributed by atoms with Gasteiger partial charge in [-0.15, -0.1) is 0 Å². The van der Waals surface area contributed by atoms with Gasteiger partial charge in [0, 0.05) is 25.7 Å². The minimum atomic E-state index is -4.60. The largest absolute Gasteiger partial charge is 0.457 e. The van der Waals surface area contributed by atoms with Gasteiger partial charge in [0.15, 0.2) is 5.82 Å². The number of anilines is 2. The quantitative estimate of drug-likeness (QED) is 0.602. The molecule has 7 nitrogen and oxygen atoms in total. The Labute approximate surface area is 174 Å². The minimum absolute atomic E-state index is 0.0394. The Balaban J connectivity index is 1.98. The summed E-state index contributed by atoms with van der Waals surface area (Å²) in [5.41, 5.74) is 4.93. The van der Waals surface area contributed by atoms with Crippen molar-refractivity contribution < 1.29 is 17.6 Å². The van der Waals surface area contributed by atoms with Gasteiger partial charge in [-0.05, 0) is 30.3 Å². The van der Waals surface area contributed by atoms with Crippen molar-refractivity contribution in [1.82, 2.24) is 15.0 Å². The summed E-state index contributed by atoms with van der Waals surface area (Å²) in [5.74, 6) is 0.628. The monoisotopic (exact) mass is 434 g/mol. The van der Waals surface area contributed by atoms with E-state index in [1.54, 1.807) is 19.0 Å². The maximum Gasteiger partial charge on any atom is 0.417 e. The summed E-state index contributed by atoms with van der Waals surface area (Å²) in [6.45, 7) is 0. The molecule has 11 heteroatoms. The Morgan fingerprint density at radius 3 is 2.57 bits per heavy atom. The van der Waals surface area contributed by atoms with Crippen LogP contribution < -0.4 is 10.6 Å². The molecule has 0 spiro atoms. The highest BCUT2D eigenvalue weighted by atomic mass is 35.5. The summed E-state index contributed by atoms with van der Waals surface area (Å²) in [4.78, 5) is 13.7. The molecule has 0 fully saturated rings. The molecule has 0 saturated carbocycles. The predicted molar refractivity (Wildman–Crippen MR) is 106 cm³/mol. The van der Waals surface area contributed by atoms with Crippen molar-refractivity contribution in [2.75, 3.05) is 24.7 Å². The van der Waals surface area contributed by atoms with Crippen molar-refractivity contribution in [3.05, 3.63) is 52.5 Å². The second-order valence-electron chi connectivity index (χ2n) is 6.28. The molecule has 0 atom stereocenters. The van der Waals surface area contributed by atoms with Gasteiger partial charge in [0.05, 0.1) is 10.6 Å². The Kier molecular flexibility index (Phi) is 5.67. The number of allylic oxidation sites excluding steroid dienone is 1. The molecule has 0 amide bonds. The van der Waals surface area contributed by atoms with Gasteiger partial charge in [0.25, 0.3) is 0 Å². The summed E-state index contributed by atoms with van der Waals surface area (Å²) in [6.07, 6.45) is -3.24. The first-order valence-electron chi connectivity index (χ1n) is 8.36. The molecule has 2 heterocycles. The maximum absolute atomic E-state index is 13.1. The molecular weight excluding hydrogens is 421 g/mol. The van der Waals surface area contributed by atoms with Gasteiger partial charge in [0.1, 0.15) is 23.2 Å². The zero-order valence-corrected chi connectivity index (χ0v) is 16.5. The molecule has 0 saturated heterocycles. The van der Waals surface area contributed by atoms with Crippen LogP contribution in [0, 0.1) is 11.3 Å². The van der Waals surface area contributed by atoms with Crippen LogP contribution in [0.15, 0.2) is 34.7 Å². The third-order valence-corrected chi connectivity index (χ3v) is 4.20. The SMILES string of the molecule is CN(C)c1nc(N)nc(/C(C#N)=C/c2ccc(-c3ccc(Cl)c(C(F)(F)F)c3)o2)n1. The van der Waals surface area contributed by atoms with Gasteiger partial charge in [-0.1, -0.05) is 11.6 Å². The van der Waals surface area contributed by atoms with Crippen molar-refractivity contribution in [2.45, 2.75) is 6.18 Å². The van der Waals surface area contributed by atoms with Crippen LogP contribution in [-0.2, 0) is 6.18 Å². The van der Waals surface area contributed by atoms with Crippen molar-refractivity contribution >= 4 is 35.1 Å². The molecule has 1 aromatic carbocycles. The van der Waals surface area contributed by atoms with Gasteiger partial charge >= 0.3 is 6.18 Å². The molecule has 3 rings (SSSR count). The molecular formula is C19H14ClF3N6O. The van der Waals surface area contributed by atoms with Gasteiger partial charge in [-0.2, -0.15) is 33.4 Å². The lowest BCUT2D eigenvalue weighted by molar-refractivity contribution is -0.137. The van der Waals surface area contributed by atoms with Crippen LogP contribution in [0.1, 0.15) is 17.1 Å². The number of benzene rings is 1. The first-order valence-corrected chi connectivity index (χ1v) is 8.74. The molecule has 0 unspecified atom stereocenters. The topological polar surface area (TPSA) is 105 Å². The highest BCUT2D eigenvalue weighted by Gasteiger charge is 2.33. The second-order valence-corrected chi connectivity index (χ2v) is 6.68. The Morgan fingerprint density at radius 1 is 1.20 bits per heavy atom. The van der Waals surface area contributed by atoms with E-state index in [0.717, 1.165) is 12.1 Å². The molecule has 2 aromatic heterocycles. The van der Waals surface area contributed by atoms with Crippen molar-refractivity contribution in [3.8, 4) is 17.4 Å². The number of nitrogens with two attached hydrogens (primary N) is 1. The number of rotatable bonds is 4. The van der Waals surface area contributed by atoms with Crippen molar-refractivity contribution in [2.24, 2.45) is 0 Å². The number of alkyl halides is 3. The van der Waals surface area contributed by atoms with E-state index in [1.165, 1.54) is 24.3 Å². The molecule has 0 aliphatic carbocycles. The van der Waals surface area contributed by atoms with E-state index in [-0.39, 0.29) is 40.4 Å². The van der Waals surface area contributed by atoms with E-state index in [9.17, 15) is 18.4 Å². The van der Waals surface area contributed by atoms with Crippen LogP contribution in [0.5, 0.6) is 0 Å². The van der Waals surface area contributed by atoms with E-state index in [0.29, 0.717) is 0 Å². The lowest BCUT2D eigenvalue weighted by Crippen LogP contribution is -2.15. The summed E-state index contributed by atoms with van der Waals surface area (Å²) in [7, 11) is 3.41. The van der Waals surface area contributed by atoms with Crippen LogP contribution in [0.3, 0.4) is 0 Å². The van der Waals surface area contributed by atoms with E-state index >= 15 is 0 Å². The second kappa shape index (κ2) is 8.04. The third kappa shape index (κ3) is 4.52. The van der Waals surface area contributed by atoms with E-state index in [2.05, 4.69) is 15.0 Å². The zero-order chi connectivity index (χ0) is 22.1. The molecule has 30 heavy (non-hydrogen) atoms. The van der Waals surface area contributed by atoms with Gasteiger partial charge in [-0.3, -0.25) is 0 Å². The first-order chi connectivity index (χ1) is 14.1. The van der Waals surface area contributed by atoms with Crippen molar-refractivity contribution in [3.63, 3.8) is 0 Å². The third-order valence-electron chi connectivity index (χ3n) is 3.87. The van der Waals surface area contributed by atoms with E-state index in [4.69, 9.17) is 21.8 Å². The van der Waals surface area contributed by atoms with Crippen molar-refractivity contribution in [1.29, 1.82) is 5.26 Å². The Morgan fingerprint density at radius 2 is 1.93 bits per heavy atom. The molecule has 2 N–H and O–H groups in total. The number of nitriles is 1. The summed E-state index contributed by atoms with van der Waals surface area (Å²) in [6, 6.07) is 8.40. The summed E-state index contributed by atoms with van der Waals surface area (Å²) in [5, 5.41) is 9.08. The van der Waals surface area contributed by atoms with Gasteiger partial charge in [0.2, 0.25) is 11.9 Å². The molecule has 3 aromatic rings. The highest BCUT2D eigenvalue weighted by Crippen LogP contribution is 2.37. The number of halogens is 4. The lowest BCUT2D eigenvalue weighted by atomic mass is 10.1. The number of nitrogens with zero attached hydrogens (tertiary/aromatic N) is 5. The van der Waals surface area contributed by atoms with Gasteiger partial charge < -0.3 is 15.1 Å². The maximum atomic E-state index is 13.1. The molecule has 154 valence electrons. The molecule has 0 radical (unpaired) electrons. The fourth-order valence-corrected chi connectivity index (χ4v) is 2.70. The normalized spacial score (nSPS) is 12.0. The fourth-order valence-electron chi connectivity index (χ4n) is 2.47. The average Bonchev–Trinajstić information content (AvgIpc) is 3.13. The Hall–Kier alpha value is -3.58. The van der Waals surface area contributed by atoms with Crippen LogP contribution >= 0.6 is 11.6 Å². The lowest BCUT2D eigenvalue weighted by Gasteiger charge is -2.10. The van der Waals surface area contributed by atoms with E-state index < -0.39 is 16.8 Å².